The second-order valence-corrected chi connectivity index (χ2v) is 4.05. The Bertz CT molecular complexity index is 515. The van der Waals surface area contributed by atoms with E-state index in [1.165, 1.54) is 6.07 Å². The number of hydrogen-bond acceptors (Lipinski definition) is 1. The van der Waals surface area contributed by atoms with Crippen molar-refractivity contribution in [1.29, 1.82) is 0 Å². The maximum absolute atomic E-state index is 13.5. The Morgan fingerprint density at radius 3 is 2.50 bits per heavy atom. The third-order valence-corrected chi connectivity index (χ3v) is 2.98. The largest absolute Gasteiger partial charge is 0.272 e. The van der Waals surface area contributed by atoms with Gasteiger partial charge in [0.2, 0.25) is 0 Å². The van der Waals surface area contributed by atoms with Crippen LogP contribution < -0.4 is 0 Å². The third kappa shape index (κ3) is 1.85. The topological polar surface area (TPSA) is 17.8 Å². The first kappa shape index (κ1) is 10.9. The summed E-state index contributed by atoms with van der Waals surface area (Å²) in [5.41, 5.74) is 3.94. The van der Waals surface area contributed by atoms with Crippen LogP contribution in [0.5, 0.6) is 0 Å². The van der Waals surface area contributed by atoms with Crippen molar-refractivity contribution in [3.05, 3.63) is 52.6 Å². The summed E-state index contributed by atoms with van der Waals surface area (Å²) in [4.78, 5) is 0. The molecule has 0 radical (unpaired) electrons. The minimum absolute atomic E-state index is 0.152. The lowest BCUT2D eigenvalue weighted by atomic mass is 10.1. The average Bonchev–Trinajstić information content (AvgIpc) is 2.48. The molecule has 0 spiro atoms. The van der Waals surface area contributed by atoms with Crippen LogP contribution in [0.15, 0.2) is 24.3 Å². The van der Waals surface area contributed by atoms with Crippen LogP contribution in [0.4, 0.5) is 4.39 Å². The summed E-state index contributed by atoms with van der Waals surface area (Å²) in [6.07, 6.45) is 0.593. The normalized spacial score (nSPS) is 10.8. The summed E-state index contributed by atoms with van der Waals surface area (Å²) in [5, 5.41) is 4.33. The molecule has 2 nitrogen and oxygen atoms in total. The number of rotatable bonds is 2. The predicted octanol–water partition coefficient (Wildman–Crippen LogP) is 2.77. The van der Waals surface area contributed by atoms with Gasteiger partial charge in [-0.15, -0.1) is 0 Å². The predicted molar refractivity (Wildman–Crippen MR) is 61.9 cm³/mol. The highest BCUT2D eigenvalue weighted by atomic mass is 19.1. The van der Waals surface area contributed by atoms with Gasteiger partial charge in [0, 0.05) is 19.2 Å². The number of halogens is 1. The van der Waals surface area contributed by atoms with Gasteiger partial charge in [0.1, 0.15) is 5.82 Å². The van der Waals surface area contributed by atoms with Gasteiger partial charge in [0.15, 0.2) is 0 Å². The lowest BCUT2D eigenvalue weighted by molar-refractivity contribution is 0.609. The molecule has 3 heteroatoms. The SMILES string of the molecule is Cc1nn(C)c(Cc2ccccc2F)c1C. The van der Waals surface area contributed by atoms with E-state index in [9.17, 15) is 4.39 Å². The van der Waals surface area contributed by atoms with Gasteiger partial charge in [0.25, 0.3) is 0 Å². The monoisotopic (exact) mass is 218 g/mol. The Kier molecular flexibility index (Phi) is 2.77. The van der Waals surface area contributed by atoms with Crippen molar-refractivity contribution in [1.82, 2.24) is 9.78 Å². The van der Waals surface area contributed by atoms with Crippen molar-refractivity contribution in [2.75, 3.05) is 0 Å². The highest BCUT2D eigenvalue weighted by Crippen LogP contribution is 2.17. The number of aryl methyl sites for hydroxylation is 2. The molecule has 0 amide bonds. The summed E-state index contributed by atoms with van der Waals surface area (Å²) < 4.78 is 15.3. The molecule has 84 valence electrons. The number of benzene rings is 1. The van der Waals surface area contributed by atoms with Gasteiger partial charge in [-0.3, -0.25) is 4.68 Å². The van der Waals surface area contributed by atoms with Gasteiger partial charge >= 0.3 is 0 Å². The molecule has 0 bridgehead atoms. The quantitative estimate of drug-likeness (QED) is 0.758. The Morgan fingerprint density at radius 1 is 1.25 bits per heavy atom. The standard InChI is InChI=1S/C13H15FN2/c1-9-10(2)15-16(3)13(9)8-11-6-4-5-7-12(11)14/h4-7H,8H2,1-3H3. The highest BCUT2D eigenvalue weighted by Gasteiger charge is 2.11. The first-order chi connectivity index (χ1) is 7.59. The third-order valence-electron chi connectivity index (χ3n) is 2.98. The molecular formula is C13H15FN2. The summed E-state index contributed by atoms with van der Waals surface area (Å²) in [7, 11) is 1.90. The molecule has 0 unspecified atom stereocenters. The van der Waals surface area contributed by atoms with Crippen molar-refractivity contribution in [3.8, 4) is 0 Å². The van der Waals surface area contributed by atoms with Gasteiger partial charge in [-0.25, -0.2) is 4.39 Å². The maximum atomic E-state index is 13.5. The summed E-state index contributed by atoms with van der Waals surface area (Å²) in [6.45, 7) is 4.00. The Morgan fingerprint density at radius 2 is 1.94 bits per heavy atom. The molecular weight excluding hydrogens is 203 g/mol. The molecule has 0 fully saturated rings. The fourth-order valence-electron chi connectivity index (χ4n) is 1.88. The lowest BCUT2D eigenvalue weighted by Gasteiger charge is -2.05. The lowest BCUT2D eigenvalue weighted by Crippen LogP contribution is -2.01. The molecule has 1 heterocycles. The molecule has 0 saturated carbocycles. The van der Waals surface area contributed by atoms with E-state index in [4.69, 9.17) is 0 Å². The average molecular weight is 218 g/mol. The fourth-order valence-corrected chi connectivity index (χ4v) is 1.88. The molecule has 1 aromatic heterocycles. The van der Waals surface area contributed by atoms with E-state index >= 15 is 0 Å². The van der Waals surface area contributed by atoms with Gasteiger partial charge in [-0.2, -0.15) is 5.10 Å². The van der Waals surface area contributed by atoms with Crippen molar-refractivity contribution >= 4 is 0 Å². The van der Waals surface area contributed by atoms with Gasteiger partial charge in [-0.05, 0) is 31.0 Å². The van der Waals surface area contributed by atoms with Gasteiger partial charge in [0.05, 0.1) is 5.69 Å². The summed E-state index contributed by atoms with van der Waals surface area (Å²) >= 11 is 0. The van der Waals surface area contributed by atoms with Crippen LogP contribution in [-0.4, -0.2) is 9.78 Å². The second kappa shape index (κ2) is 4.08. The van der Waals surface area contributed by atoms with E-state index < -0.39 is 0 Å². The molecule has 0 saturated heterocycles. The van der Waals surface area contributed by atoms with E-state index in [0.29, 0.717) is 12.0 Å². The Labute approximate surface area is 94.7 Å². The van der Waals surface area contributed by atoms with Crippen LogP contribution in [-0.2, 0) is 13.5 Å². The molecule has 0 atom stereocenters. The van der Waals surface area contributed by atoms with Crippen LogP contribution in [0, 0.1) is 19.7 Å². The highest BCUT2D eigenvalue weighted by molar-refractivity contribution is 5.30. The minimum Gasteiger partial charge on any atom is -0.272 e. The minimum atomic E-state index is -0.152. The smallest absolute Gasteiger partial charge is 0.126 e. The van der Waals surface area contributed by atoms with Crippen LogP contribution in [0.2, 0.25) is 0 Å². The van der Waals surface area contributed by atoms with E-state index in [1.54, 1.807) is 6.07 Å². The van der Waals surface area contributed by atoms with Crippen LogP contribution in [0.1, 0.15) is 22.5 Å². The van der Waals surface area contributed by atoms with Crippen molar-refractivity contribution in [2.24, 2.45) is 7.05 Å². The molecule has 2 rings (SSSR count). The molecule has 1 aromatic carbocycles. The first-order valence-electron chi connectivity index (χ1n) is 5.32. The van der Waals surface area contributed by atoms with Gasteiger partial charge < -0.3 is 0 Å². The molecule has 0 aliphatic rings. The fraction of sp³-hybridized carbons (Fsp3) is 0.308. The molecule has 2 aromatic rings. The zero-order valence-corrected chi connectivity index (χ0v) is 9.79. The van der Waals surface area contributed by atoms with E-state index in [-0.39, 0.29) is 5.82 Å². The van der Waals surface area contributed by atoms with Gasteiger partial charge in [-0.1, -0.05) is 18.2 Å². The number of nitrogens with zero attached hydrogens (tertiary/aromatic N) is 2. The summed E-state index contributed by atoms with van der Waals surface area (Å²) in [6, 6.07) is 6.88. The van der Waals surface area contributed by atoms with E-state index in [2.05, 4.69) is 5.10 Å². The van der Waals surface area contributed by atoms with Crippen LogP contribution in [0.3, 0.4) is 0 Å². The van der Waals surface area contributed by atoms with Crippen molar-refractivity contribution in [2.45, 2.75) is 20.3 Å². The molecule has 0 N–H and O–H groups in total. The zero-order chi connectivity index (χ0) is 11.7. The van der Waals surface area contributed by atoms with E-state index in [1.807, 2.05) is 37.7 Å². The first-order valence-corrected chi connectivity index (χ1v) is 5.32. The molecule has 16 heavy (non-hydrogen) atoms. The zero-order valence-electron chi connectivity index (χ0n) is 9.79. The Hall–Kier alpha value is -1.64. The van der Waals surface area contributed by atoms with E-state index in [0.717, 1.165) is 17.0 Å². The summed E-state index contributed by atoms with van der Waals surface area (Å²) in [5.74, 6) is -0.152. The van der Waals surface area contributed by atoms with Crippen LogP contribution >= 0.6 is 0 Å². The maximum Gasteiger partial charge on any atom is 0.126 e. The molecule has 0 aliphatic carbocycles. The van der Waals surface area contributed by atoms with Crippen molar-refractivity contribution in [3.63, 3.8) is 0 Å². The van der Waals surface area contributed by atoms with Crippen molar-refractivity contribution < 1.29 is 4.39 Å². The van der Waals surface area contributed by atoms with Crippen LogP contribution in [0.25, 0.3) is 0 Å². The Balaban J connectivity index is 2.38. The number of aromatic nitrogens is 2. The molecule has 0 aliphatic heterocycles. The number of hydrogen-bond donors (Lipinski definition) is 0. The second-order valence-electron chi connectivity index (χ2n) is 4.05.